The van der Waals surface area contributed by atoms with Crippen LogP contribution in [0.25, 0.3) is 11.1 Å². The van der Waals surface area contributed by atoms with E-state index in [1.54, 1.807) is 7.11 Å². The van der Waals surface area contributed by atoms with Crippen molar-refractivity contribution in [2.75, 3.05) is 57.7 Å². The first-order valence-electron chi connectivity index (χ1n) is 24.9. The van der Waals surface area contributed by atoms with E-state index in [0.717, 1.165) is 39.9 Å². The second-order valence-electron chi connectivity index (χ2n) is 18.6. The molecule has 0 saturated heterocycles. The smallest absolute Gasteiger partial charge is 0.522 e. The molecule has 7 aromatic rings. The normalized spacial score (nSPS) is 14.1. The molecule has 0 fully saturated rings. The van der Waals surface area contributed by atoms with Crippen LogP contribution in [0.4, 0.5) is 34.1 Å². The van der Waals surface area contributed by atoms with Gasteiger partial charge in [-0.05, 0) is 122 Å². The first-order valence-corrected chi connectivity index (χ1v) is 24.9. The Hall–Kier alpha value is -5.56. The number of nitrogens with zero attached hydrogens (tertiary/aromatic N) is 10. The number of benzene rings is 7. The van der Waals surface area contributed by atoms with Crippen molar-refractivity contribution in [1.29, 1.82) is 0 Å². The van der Waals surface area contributed by atoms with Crippen molar-refractivity contribution < 1.29 is 109 Å². The third-order valence-corrected chi connectivity index (χ3v) is 11.8. The van der Waals surface area contributed by atoms with Crippen molar-refractivity contribution >= 4 is 34.1 Å². The van der Waals surface area contributed by atoms with E-state index in [4.69, 9.17) is 4.74 Å². The summed E-state index contributed by atoms with van der Waals surface area (Å²) < 4.78 is 5.14. The molecular weight excluding hydrogens is 1910 g/mol. The molecule has 16 heteroatoms. The number of hydrogen-bond donors (Lipinski definition) is 0. The summed E-state index contributed by atoms with van der Waals surface area (Å²) in [5.41, 5.74) is 8.93. The summed E-state index contributed by atoms with van der Waals surface area (Å²) in [6, 6.07) is 72.3. The number of methoxy groups -OCH3 is 1. The Morgan fingerprint density at radius 2 is 0.741 bits per heavy atom. The second-order valence-corrected chi connectivity index (χ2v) is 18.6. The Bertz CT molecular complexity index is 2960. The van der Waals surface area contributed by atoms with Gasteiger partial charge in [0.25, 0.3) is 0 Å². The Kier molecular flexibility index (Phi) is 30.5. The molecule has 0 aliphatic carbocycles. The molecule has 0 amide bonds. The van der Waals surface area contributed by atoms with Crippen molar-refractivity contribution in [3.63, 3.8) is 0 Å². The summed E-state index contributed by atoms with van der Waals surface area (Å²) >= 11 is 0. The molecule has 81 heavy (non-hydrogen) atoms. The maximum atomic E-state index is 5.14. The quantitative estimate of drug-likeness (QED) is 0.137. The maximum Gasteiger partial charge on any atom is 2.00 e. The van der Waals surface area contributed by atoms with Crippen molar-refractivity contribution in [3.05, 3.63) is 296 Å². The van der Waals surface area contributed by atoms with Crippen LogP contribution in [0.5, 0.6) is 5.75 Å². The fourth-order valence-electron chi connectivity index (χ4n) is 7.68. The van der Waals surface area contributed by atoms with E-state index in [0.29, 0.717) is 0 Å². The van der Waals surface area contributed by atoms with Crippen molar-refractivity contribution in [1.82, 2.24) is 19.6 Å². The van der Waals surface area contributed by atoms with Gasteiger partial charge in [-0.25, -0.2) is 0 Å². The van der Waals surface area contributed by atoms with Crippen LogP contribution in [-0.2, 0) is 104 Å². The van der Waals surface area contributed by atoms with Crippen molar-refractivity contribution in [2.45, 2.75) is 26.3 Å². The zero-order valence-electron chi connectivity index (χ0n) is 45.8. The summed E-state index contributed by atoms with van der Waals surface area (Å²) in [5, 5.41) is 0. The van der Waals surface area contributed by atoms with Gasteiger partial charge >= 0.3 is 84.3 Å². The molecule has 12 rings (SSSR count). The monoisotopic (exact) mass is 1970 g/mol. The molecule has 0 spiro atoms. The molecule has 5 aliphatic heterocycles. The molecule has 5 aliphatic rings. The molecule has 0 unspecified atom stereocenters. The molecule has 431 valence electrons. The number of ether oxygens (including phenoxy) is 1. The Morgan fingerprint density at radius 3 is 1.17 bits per heavy atom. The van der Waals surface area contributed by atoms with Gasteiger partial charge < -0.3 is 53.7 Å². The summed E-state index contributed by atoms with van der Waals surface area (Å²) in [5.74, 6) is 0.843. The zero-order valence-corrected chi connectivity index (χ0v) is 57.3. The van der Waals surface area contributed by atoms with E-state index in [2.05, 4.69) is 138 Å². The van der Waals surface area contributed by atoms with Gasteiger partial charge in [0.2, 0.25) is 0 Å². The van der Waals surface area contributed by atoms with Crippen LogP contribution >= 0.6 is 0 Å². The maximum absolute atomic E-state index is 5.14. The minimum Gasteiger partial charge on any atom is -0.522 e. The zero-order chi connectivity index (χ0) is 53.1. The van der Waals surface area contributed by atoms with Crippen molar-refractivity contribution in [3.8, 4) is 16.9 Å². The van der Waals surface area contributed by atoms with Crippen LogP contribution in [0.1, 0.15) is 20.8 Å². The molecule has 7 aromatic carbocycles. The number of rotatable bonds is 8. The topological polar surface area (TPSA) is 41.6 Å². The van der Waals surface area contributed by atoms with Gasteiger partial charge in [0, 0.05) is 37.1 Å². The molecular formula is C65H64IrN10OPt4-2. The fourth-order valence-corrected chi connectivity index (χ4v) is 7.68. The number of hydrogen-bond acceptors (Lipinski definition) is 11. The summed E-state index contributed by atoms with van der Waals surface area (Å²) in [7, 11) is 7.66. The number of anilines is 6. The standard InChI is InChI=1S/C16H14N2.C15H12N2.C13H16N2.C11H12N2O.C10H10N2.Ir.4Pt/c1-17-10-11-18(13-17)16-9-5-8-15(12-16)14-6-3-2-4-7-14;1-3-7-14(8-4-1)16-11-12-17(13-16)15-9-5-2-6-10-15;1-13(2,3)15-10-9-14(11-15)12-7-5-4-6-8-12;1-12-6-7-13(9-12)10-4-3-5-11(8-10)14-2;1-11-7-8-12(9-11)10-5-3-2-4-6-10;;;;;/h2-8,10-13H,1H3;1-9,11-13H;4-7,9-11H,1-3H3;3,5-9H,1-2H3;2-5,7-9H,1H3;;;;;/q5*-2;;4*+2. The van der Waals surface area contributed by atoms with Crippen LogP contribution in [0.3, 0.4) is 0 Å². The van der Waals surface area contributed by atoms with E-state index >= 15 is 0 Å². The van der Waals surface area contributed by atoms with Gasteiger partial charge in [0.05, 0.1) is 7.11 Å². The summed E-state index contributed by atoms with van der Waals surface area (Å²) in [6.45, 7) is 16.7. The van der Waals surface area contributed by atoms with Crippen molar-refractivity contribution in [2.24, 2.45) is 0 Å². The second kappa shape index (κ2) is 35.4. The van der Waals surface area contributed by atoms with Gasteiger partial charge in [0.1, 0.15) is 0 Å². The first-order chi connectivity index (χ1) is 37.0. The molecule has 0 atom stereocenters. The van der Waals surface area contributed by atoms with E-state index < -0.39 is 0 Å². The predicted molar refractivity (Wildman–Crippen MR) is 312 cm³/mol. The van der Waals surface area contributed by atoms with Crippen LogP contribution < -0.4 is 34.1 Å². The summed E-state index contributed by atoms with van der Waals surface area (Å²) in [4.78, 5) is 20.5. The Labute approximate surface area is 553 Å². The third-order valence-electron chi connectivity index (χ3n) is 11.8. The minimum absolute atomic E-state index is 0. The van der Waals surface area contributed by atoms with E-state index in [9.17, 15) is 0 Å². The van der Waals surface area contributed by atoms with Gasteiger partial charge in [-0.3, -0.25) is 0 Å². The first kappa shape index (κ1) is 69.7. The van der Waals surface area contributed by atoms with Crippen LogP contribution in [0.2, 0.25) is 0 Å². The molecule has 0 bridgehead atoms. The van der Waals surface area contributed by atoms with Crippen LogP contribution in [0.15, 0.2) is 232 Å². The Balaban J connectivity index is 0.000000263. The summed E-state index contributed by atoms with van der Waals surface area (Å²) in [6.07, 6.45) is 20.2. The molecule has 0 aromatic heterocycles. The average molecular weight is 1970 g/mol. The largest absolute Gasteiger partial charge is 2.00 e. The van der Waals surface area contributed by atoms with E-state index in [1.807, 2.05) is 248 Å². The fraction of sp³-hybridized carbons (Fsp3) is 0.123. The molecule has 1 radical (unpaired) electrons. The molecule has 0 N–H and O–H groups in total. The van der Waals surface area contributed by atoms with E-state index in [-0.39, 0.29) is 110 Å². The number of para-hydroxylation sites is 4. The van der Waals surface area contributed by atoms with Gasteiger partial charge in [-0.15, -0.1) is 58.9 Å². The van der Waals surface area contributed by atoms with Crippen LogP contribution in [-0.4, -0.2) is 53.4 Å². The molecule has 11 nitrogen and oxygen atoms in total. The third kappa shape index (κ3) is 21.3. The predicted octanol–water partition coefficient (Wildman–Crippen LogP) is 13.6. The minimum atomic E-state index is 0. The molecule has 5 heterocycles. The van der Waals surface area contributed by atoms with Gasteiger partial charge in [0.15, 0.2) is 0 Å². The Morgan fingerprint density at radius 1 is 0.358 bits per heavy atom. The average Bonchev–Trinajstić information content (AvgIpc) is 4.36. The SMILES string of the molecule is CC(C)(C)N1C=CN(c2[c-]cccc2)[CH-]1.CN1C=CN(c2[c-]ccc(-c3ccccc3)c2)[CH-]1.CN1C=CN(c2[c-]cccc2)[CH-]1.COc1cc[c-]c(N2C=CN(C)[CH-]2)c1.[Ir].[Pt+2].[Pt+2].[Pt+2].[Pt+2].[c-]1ccccc1N1C=CN(c2ccccc2)[CH-]1. The molecule has 0 saturated carbocycles. The van der Waals surface area contributed by atoms with Gasteiger partial charge in [-0.2, -0.15) is 148 Å². The van der Waals surface area contributed by atoms with Gasteiger partial charge in [-0.1, -0.05) is 48.5 Å². The van der Waals surface area contributed by atoms with E-state index in [1.165, 1.54) is 11.1 Å². The van der Waals surface area contributed by atoms with Crippen LogP contribution in [0, 0.1) is 63.7 Å².